The zero-order valence-electron chi connectivity index (χ0n) is 25.9. The number of rotatable bonds is 14. The second kappa shape index (κ2) is 14.1. The van der Waals surface area contributed by atoms with Gasteiger partial charge in [-0.2, -0.15) is 0 Å². The smallest absolute Gasteiger partial charge is 0.295 e. The van der Waals surface area contributed by atoms with E-state index >= 15 is 0 Å². The van der Waals surface area contributed by atoms with Crippen LogP contribution in [0.2, 0.25) is 0 Å². The molecule has 1 amide bonds. The summed E-state index contributed by atoms with van der Waals surface area (Å²) in [5.41, 5.74) is 2.25. The molecule has 1 N–H and O–H groups in total. The van der Waals surface area contributed by atoms with Gasteiger partial charge in [-0.05, 0) is 93.7 Å². The molecule has 1 saturated heterocycles. The van der Waals surface area contributed by atoms with Crippen LogP contribution < -0.4 is 14.2 Å². The Kier molecular flexibility index (Phi) is 10.5. The number of ketones is 1. The first-order valence-electron chi connectivity index (χ1n) is 15.4. The molecule has 228 valence electrons. The number of nitrogens with zero attached hydrogens (tertiary/aromatic N) is 2. The molecule has 4 rings (SSSR count). The Morgan fingerprint density at radius 1 is 1.07 bits per heavy atom. The number of amides is 1. The van der Waals surface area contributed by atoms with Gasteiger partial charge in [0.2, 0.25) is 0 Å². The second-order valence-corrected chi connectivity index (χ2v) is 11.5. The lowest BCUT2D eigenvalue weighted by atomic mass is 9.94. The molecule has 2 aromatic rings. The molecule has 0 bridgehead atoms. The Hall–Kier alpha value is -3.52. The highest BCUT2D eigenvalue weighted by atomic mass is 16.5. The summed E-state index contributed by atoms with van der Waals surface area (Å²) in [7, 11) is 0. The fourth-order valence-corrected chi connectivity index (χ4v) is 5.67. The maximum absolute atomic E-state index is 13.6. The number of benzene rings is 2. The Morgan fingerprint density at radius 2 is 1.83 bits per heavy atom. The SMILES string of the molecule is CCOc1cc([C@@H]2/C(=C(\O)c3ccc4c(c3)C[C@@H](C)O4)C(=O)C(=O)N2CCCN(CC)CC)ccc1OCCC(C)C. The van der Waals surface area contributed by atoms with Crippen molar-refractivity contribution in [3.63, 3.8) is 0 Å². The van der Waals surface area contributed by atoms with Gasteiger partial charge in [0.1, 0.15) is 17.6 Å². The van der Waals surface area contributed by atoms with E-state index in [1.54, 1.807) is 11.0 Å². The number of ether oxygens (including phenoxy) is 3. The van der Waals surface area contributed by atoms with E-state index in [2.05, 4.69) is 32.6 Å². The largest absolute Gasteiger partial charge is 0.507 e. The van der Waals surface area contributed by atoms with Gasteiger partial charge in [-0.15, -0.1) is 0 Å². The predicted octanol–water partition coefficient (Wildman–Crippen LogP) is 5.99. The van der Waals surface area contributed by atoms with Gasteiger partial charge >= 0.3 is 0 Å². The number of fused-ring (bicyclic) bond motifs is 1. The lowest BCUT2D eigenvalue weighted by Gasteiger charge is -2.27. The normalized spacial score (nSPS) is 19.5. The first kappa shape index (κ1) is 31.4. The number of hydrogen-bond donors (Lipinski definition) is 1. The van der Waals surface area contributed by atoms with Crippen molar-refractivity contribution in [2.75, 3.05) is 39.4 Å². The fourth-order valence-electron chi connectivity index (χ4n) is 5.67. The van der Waals surface area contributed by atoms with Crippen molar-refractivity contribution in [2.24, 2.45) is 5.92 Å². The molecule has 8 heteroatoms. The van der Waals surface area contributed by atoms with Crippen LogP contribution in [0.5, 0.6) is 17.2 Å². The minimum atomic E-state index is -0.756. The minimum absolute atomic E-state index is 0.0482. The molecule has 0 aromatic heterocycles. The van der Waals surface area contributed by atoms with E-state index in [0.717, 1.165) is 43.8 Å². The van der Waals surface area contributed by atoms with Crippen molar-refractivity contribution in [2.45, 2.75) is 73.0 Å². The van der Waals surface area contributed by atoms with Crippen LogP contribution in [0, 0.1) is 5.92 Å². The summed E-state index contributed by atoms with van der Waals surface area (Å²) in [4.78, 5) is 31.0. The zero-order valence-corrected chi connectivity index (χ0v) is 25.9. The first-order valence-corrected chi connectivity index (χ1v) is 15.4. The highest BCUT2D eigenvalue weighted by Gasteiger charge is 2.46. The van der Waals surface area contributed by atoms with Crippen LogP contribution >= 0.6 is 0 Å². The maximum Gasteiger partial charge on any atom is 0.295 e. The van der Waals surface area contributed by atoms with Crippen LogP contribution in [0.4, 0.5) is 0 Å². The zero-order chi connectivity index (χ0) is 30.4. The average Bonchev–Trinajstić information content (AvgIpc) is 3.46. The highest BCUT2D eigenvalue weighted by Crippen LogP contribution is 2.43. The highest BCUT2D eigenvalue weighted by molar-refractivity contribution is 6.46. The molecule has 2 heterocycles. The number of hydrogen-bond acceptors (Lipinski definition) is 7. The summed E-state index contributed by atoms with van der Waals surface area (Å²) in [6.07, 6.45) is 2.38. The summed E-state index contributed by atoms with van der Waals surface area (Å²) < 4.78 is 17.8. The third kappa shape index (κ3) is 6.92. The van der Waals surface area contributed by atoms with Gasteiger partial charge in [0, 0.05) is 18.5 Å². The second-order valence-electron chi connectivity index (χ2n) is 11.5. The Bertz CT molecular complexity index is 1300. The van der Waals surface area contributed by atoms with E-state index in [0.29, 0.717) is 54.7 Å². The molecule has 2 atom stereocenters. The van der Waals surface area contributed by atoms with Crippen molar-refractivity contribution in [1.82, 2.24) is 9.80 Å². The van der Waals surface area contributed by atoms with Crippen molar-refractivity contribution in [3.8, 4) is 17.2 Å². The molecule has 42 heavy (non-hydrogen) atoms. The van der Waals surface area contributed by atoms with Gasteiger partial charge in [0.05, 0.1) is 24.8 Å². The monoisotopic (exact) mass is 578 g/mol. The van der Waals surface area contributed by atoms with Gasteiger partial charge in [-0.3, -0.25) is 9.59 Å². The van der Waals surface area contributed by atoms with Crippen LogP contribution in [0.15, 0.2) is 42.0 Å². The molecule has 2 aliphatic heterocycles. The van der Waals surface area contributed by atoms with Crippen molar-refractivity contribution < 1.29 is 28.9 Å². The fraction of sp³-hybridized carbons (Fsp3) is 0.529. The molecule has 1 fully saturated rings. The Balaban J connectivity index is 1.75. The van der Waals surface area contributed by atoms with E-state index in [1.807, 2.05) is 44.2 Å². The van der Waals surface area contributed by atoms with Crippen LogP contribution in [0.25, 0.3) is 5.76 Å². The summed E-state index contributed by atoms with van der Waals surface area (Å²) in [5, 5.41) is 11.6. The quantitative estimate of drug-likeness (QED) is 0.167. The van der Waals surface area contributed by atoms with Gasteiger partial charge in [-0.25, -0.2) is 0 Å². The maximum atomic E-state index is 13.6. The summed E-state index contributed by atoms with van der Waals surface area (Å²) in [6, 6.07) is 10.2. The summed E-state index contributed by atoms with van der Waals surface area (Å²) in [6.45, 7) is 16.4. The molecule has 2 aromatic carbocycles. The molecule has 0 saturated carbocycles. The first-order chi connectivity index (χ1) is 20.2. The van der Waals surface area contributed by atoms with Gasteiger partial charge in [-0.1, -0.05) is 33.8 Å². The number of aliphatic hydroxyl groups is 1. The lowest BCUT2D eigenvalue weighted by molar-refractivity contribution is -0.140. The molecule has 0 spiro atoms. The molecule has 8 nitrogen and oxygen atoms in total. The lowest BCUT2D eigenvalue weighted by Crippen LogP contribution is -2.33. The van der Waals surface area contributed by atoms with Crippen molar-refractivity contribution in [3.05, 3.63) is 58.7 Å². The molecular formula is C34H46N2O6. The predicted molar refractivity (Wildman–Crippen MR) is 164 cm³/mol. The summed E-state index contributed by atoms with van der Waals surface area (Å²) in [5.74, 6) is 0.993. The topological polar surface area (TPSA) is 88.5 Å². The molecule has 0 unspecified atom stereocenters. The van der Waals surface area contributed by atoms with Crippen LogP contribution in [0.1, 0.15) is 77.1 Å². The van der Waals surface area contributed by atoms with Gasteiger partial charge < -0.3 is 29.1 Å². The van der Waals surface area contributed by atoms with E-state index in [9.17, 15) is 14.7 Å². The average molecular weight is 579 g/mol. The number of carbonyl (C=O) groups excluding carboxylic acids is 2. The van der Waals surface area contributed by atoms with Crippen LogP contribution in [0.3, 0.4) is 0 Å². The molecular weight excluding hydrogens is 532 g/mol. The Morgan fingerprint density at radius 3 is 2.52 bits per heavy atom. The third-order valence-corrected chi connectivity index (χ3v) is 8.01. The van der Waals surface area contributed by atoms with Crippen LogP contribution in [-0.2, 0) is 16.0 Å². The van der Waals surface area contributed by atoms with E-state index in [1.165, 1.54) is 0 Å². The van der Waals surface area contributed by atoms with E-state index in [-0.39, 0.29) is 17.4 Å². The minimum Gasteiger partial charge on any atom is -0.507 e. The van der Waals surface area contributed by atoms with Gasteiger partial charge in [0.25, 0.3) is 11.7 Å². The van der Waals surface area contributed by atoms with E-state index in [4.69, 9.17) is 14.2 Å². The standard InChI is InChI=1S/C34H46N2O6/c1-7-35(8-2)16-10-17-36-31(24-11-14-28(29(21-24)40-9-3)41-18-15-22(4)5)30(33(38)34(36)39)32(37)25-12-13-27-26(20-25)19-23(6)42-27/h11-14,20-23,31,37H,7-10,15-19H2,1-6H3/b32-30+/t23-,31-/m1/s1. The van der Waals surface area contributed by atoms with Crippen LogP contribution in [-0.4, -0.2) is 72.1 Å². The van der Waals surface area contributed by atoms with E-state index < -0.39 is 17.7 Å². The van der Waals surface area contributed by atoms with Gasteiger partial charge in [0.15, 0.2) is 11.5 Å². The summed E-state index contributed by atoms with van der Waals surface area (Å²) >= 11 is 0. The Labute approximate surface area is 250 Å². The number of carbonyl (C=O) groups is 2. The number of likely N-dealkylation sites (tertiary alicyclic amines) is 1. The number of aliphatic hydroxyl groups excluding tert-OH is 1. The molecule has 2 aliphatic rings. The van der Waals surface area contributed by atoms with Crippen molar-refractivity contribution >= 4 is 17.4 Å². The van der Waals surface area contributed by atoms with Crippen molar-refractivity contribution in [1.29, 1.82) is 0 Å². The molecule has 0 radical (unpaired) electrons. The number of Topliss-reactive ketones (excluding diaryl/α,β-unsaturated/α-hetero) is 1. The molecule has 0 aliphatic carbocycles. The third-order valence-electron chi connectivity index (χ3n) is 8.01.